The second kappa shape index (κ2) is 12.4. The van der Waals surface area contributed by atoms with Gasteiger partial charge in [0.15, 0.2) is 11.5 Å². The Labute approximate surface area is 187 Å². The molecule has 0 saturated carbocycles. The van der Waals surface area contributed by atoms with E-state index in [1.54, 1.807) is 18.2 Å². The normalized spacial score (nSPS) is 10.7. The number of rotatable bonds is 11. The topological polar surface area (TPSA) is 92.6 Å². The molecule has 0 radical (unpaired) electrons. The van der Waals surface area contributed by atoms with Crippen LogP contribution in [0.25, 0.3) is 0 Å². The number of nitriles is 1. The standard InChI is InChI=1S/C23H26ClN3O4/c1-4-30-21-8-6-16(12-22(21)31-5-2)10-11-26-15-17(14-25)23(28)27-18-7-9-20(29-3)19(24)13-18/h6-9,12-13,15,26H,4-5,10-11H2,1-3H3,(H,27,28)/b17-15-. The van der Waals surface area contributed by atoms with Gasteiger partial charge in [0, 0.05) is 18.4 Å². The molecule has 7 nitrogen and oxygen atoms in total. The number of methoxy groups -OCH3 is 1. The lowest BCUT2D eigenvalue weighted by Gasteiger charge is -2.12. The molecule has 0 unspecified atom stereocenters. The van der Waals surface area contributed by atoms with Crippen LogP contribution in [-0.2, 0) is 11.2 Å². The van der Waals surface area contributed by atoms with Crippen molar-refractivity contribution in [1.82, 2.24) is 5.32 Å². The maximum absolute atomic E-state index is 12.3. The van der Waals surface area contributed by atoms with E-state index in [-0.39, 0.29) is 5.57 Å². The van der Waals surface area contributed by atoms with E-state index >= 15 is 0 Å². The van der Waals surface area contributed by atoms with E-state index in [2.05, 4.69) is 10.6 Å². The zero-order valence-electron chi connectivity index (χ0n) is 17.8. The fourth-order valence-electron chi connectivity index (χ4n) is 2.73. The van der Waals surface area contributed by atoms with E-state index in [0.717, 1.165) is 5.56 Å². The molecule has 0 aromatic heterocycles. The molecule has 2 aromatic carbocycles. The van der Waals surface area contributed by atoms with Gasteiger partial charge in [-0.3, -0.25) is 4.79 Å². The zero-order valence-corrected chi connectivity index (χ0v) is 18.6. The van der Waals surface area contributed by atoms with Crippen LogP contribution in [0.1, 0.15) is 19.4 Å². The number of hydrogen-bond acceptors (Lipinski definition) is 6. The molecule has 2 rings (SSSR count). The summed E-state index contributed by atoms with van der Waals surface area (Å²) in [4.78, 5) is 12.3. The highest BCUT2D eigenvalue weighted by Crippen LogP contribution is 2.29. The summed E-state index contributed by atoms with van der Waals surface area (Å²) in [6.45, 7) is 5.49. The molecular formula is C23H26ClN3O4. The summed E-state index contributed by atoms with van der Waals surface area (Å²) in [5.41, 5.74) is 1.46. The molecule has 0 saturated heterocycles. The summed E-state index contributed by atoms with van der Waals surface area (Å²) in [7, 11) is 1.51. The molecule has 0 spiro atoms. The Morgan fingerprint density at radius 1 is 1.10 bits per heavy atom. The molecule has 164 valence electrons. The number of anilines is 1. The van der Waals surface area contributed by atoms with Gasteiger partial charge in [0.1, 0.15) is 17.4 Å². The fraction of sp³-hybridized carbons (Fsp3) is 0.304. The minimum Gasteiger partial charge on any atom is -0.495 e. The Hall–Kier alpha value is -3.37. The van der Waals surface area contributed by atoms with Crippen molar-refractivity contribution in [3.63, 3.8) is 0 Å². The Morgan fingerprint density at radius 3 is 2.45 bits per heavy atom. The SMILES string of the molecule is CCOc1ccc(CCN/C=C(/C#N)C(=O)Nc2ccc(OC)c(Cl)c2)cc1OCC. The molecule has 0 aliphatic heterocycles. The molecule has 0 aliphatic rings. The van der Waals surface area contributed by atoms with Gasteiger partial charge in [-0.25, -0.2) is 0 Å². The predicted octanol–water partition coefficient (Wildman–Crippen LogP) is 4.32. The third-order valence-electron chi connectivity index (χ3n) is 4.19. The number of nitrogens with one attached hydrogen (secondary N) is 2. The summed E-state index contributed by atoms with van der Waals surface area (Å²) in [5, 5.41) is 15.3. The van der Waals surface area contributed by atoms with Gasteiger partial charge in [-0.15, -0.1) is 0 Å². The third-order valence-corrected chi connectivity index (χ3v) is 4.48. The van der Waals surface area contributed by atoms with Gasteiger partial charge in [0.05, 0.1) is 25.3 Å². The number of carbonyl (C=O) groups excluding carboxylic acids is 1. The Balaban J connectivity index is 1.94. The lowest BCUT2D eigenvalue weighted by molar-refractivity contribution is -0.112. The first-order chi connectivity index (χ1) is 15.0. The third kappa shape index (κ3) is 7.12. The number of halogens is 1. The van der Waals surface area contributed by atoms with Gasteiger partial charge < -0.3 is 24.8 Å². The minimum absolute atomic E-state index is 0.0476. The summed E-state index contributed by atoms with van der Waals surface area (Å²) in [6, 6.07) is 12.5. The van der Waals surface area contributed by atoms with Crippen LogP contribution in [0.2, 0.25) is 5.02 Å². The largest absolute Gasteiger partial charge is 0.495 e. The monoisotopic (exact) mass is 443 g/mol. The number of nitrogens with zero attached hydrogens (tertiary/aromatic N) is 1. The second-order valence-electron chi connectivity index (χ2n) is 6.32. The first-order valence-corrected chi connectivity index (χ1v) is 10.3. The average Bonchev–Trinajstić information content (AvgIpc) is 2.76. The number of hydrogen-bond donors (Lipinski definition) is 2. The van der Waals surface area contributed by atoms with Crippen molar-refractivity contribution in [1.29, 1.82) is 5.26 Å². The molecule has 8 heteroatoms. The fourth-order valence-corrected chi connectivity index (χ4v) is 2.99. The van der Waals surface area contributed by atoms with Crippen LogP contribution in [0.5, 0.6) is 17.2 Å². The van der Waals surface area contributed by atoms with Gasteiger partial charge >= 0.3 is 0 Å². The minimum atomic E-state index is -0.532. The lowest BCUT2D eigenvalue weighted by atomic mass is 10.1. The molecule has 0 aliphatic carbocycles. The molecule has 1 amide bonds. The van der Waals surface area contributed by atoms with Crippen LogP contribution in [0.4, 0.5) is 5.69 Å². The van der Waals surface area contributed by atoms with Crippen LogP contribution < -0.4 is 24.8 Å². The van der Waals surface area contributed by atoms with Crippen molar-refractivity contribution in [2.24, 2.45) is 0 Å². The average molecular weight is 444 g/mol. The Morgan fingerprint density at radius 2 is 1.81 bits per heavy atom. The highest BCUT2D eigenvalue weighted by atomic mass is 35.5. The highest BCUT2D eigenvalue weighted by molar-refractivity contribution is 6.32. The van der Waals surface area contributed by atoms with Gasteiger partial charge in [0.25, 0.3) is 5.91 Å². The van der Waals surface area contributed by atoms with Crippen LogP contribution >= 0.6 is 11.6 Å². The first-order valence-electron chi connectivity index (χ1n) is 9.89. The van der Waals surface area contributed by atoms with Gasteiger partial charge in [0.2, 0.25) is 0 Å². The highest BCUT2D eigenvalue weighted by Gasteiger charge is 2.11. The molecule has 0 heterocycles. The van der Waals surface area contributed by atoms with Crippen molar-refractivity contribution < 1.29 is 19.0 Å². The summed E-state index contributed by atoms with van der Waals surface area (Å²) < 4.78 is 16.3. The number of ether oxygens (including phenoxy) is 3. The molecule has 0 bridgehead atoms. The molecule has 2 aromatic rings. The van der Waals surface area contributed by atoms with Crippen LogP contribution in [-0.4, -0.2) is 32.8 Å². The maximum atomic E-state index is 12.3. The van der Waals surface area contributed by atoms with E-state index < -0.39 is 5.91 Å². The van der Waals surface area contributed by atoms with E-state index in [0.29, 0.717) is 54.1 Å². The van der Waals surface area contributed by atoms with E-state index in [9.17, 15) is 10.1 Å². The van der Waals surface area contributed by atoms with E-state index in [1.807, 2.05) is 38.1 Å². The van der Waals surface area contributed by atoms with Crippen LogP contribution in [0.3, 0.4) is 0 Å². The van der Waals surface area contributed by atoms with Gasteiger partial charge in [-0.05, 0) is 56.2 Å². The molecule has 0 atom stereocenters. The van der Waals surface area contributed by atoms with Crippen LogP contribution in [0.15, 0.2) is 48.2 Å². The van der Waals surface area contributed by atoms with Gasteiger partial charge in [-0.1, -0.05) is 17.7 Å². The van der Waals surface area contributed by atoms with Crippen molar-refractivity contribution in [3.05, 3.63) is 58.8 Å². The number of carbonyl (C=O) groups is 1. The van der Waals surface area contributed by atoms with Crippen molar-refractivity contribution >= 4 is 23.2 Å². The predicted molar refractivity (Wildman–Crippen MR) is 121 cm³/mol. The molecule has 2 N–H and O–H groups in total. The quantitative estimate of drug-likeness (QED) is 0.305. The van der Waals surface area contributed by atoms with Crippen molar-refractivity contribution in [2.75, 3.05) is 32.2 Å². The Kier molecular flexibility index (Phi) is 9.53. The summed E-state index contributed by atoms with van der Waals surface area (Å²) >= 11 is 6.06. The molecular weight excluding hydrogens is 418 g/mol. The number of amides is 1. The molecule has 0 fully saturated rings. The lowest BCUT2D eigenvalue weighted by Crippen LogP contribution is -2.18. The molecule has 31 heavy (non-hydrogen) atoms. The summed E-state index contributed by atoms with van der Waals surface area (Å²) in [5.74, 6) is 1.38. The van der Waals surface area contributed by atoms with Crippen LogP contribution in [0, 0.1) is 11.3 Å². The maximum Gasteiger partial charge on any atom is 0.267 e. The van der Waals surface area contributed by atoms with Crippen molar-refractivity contribution in [3.8, 4) is 23.3 Å². The van der Waals surface area contributed by atoms with E-state index in [1.165, 1.54) is 13.3 Å². The summed E-state index contributed by atoms with van der Waals surface area (Å²) in [6.07, 6.45) is 2.08. The van der Waals surface area contributed by atoms with Crippen molar-refractivity contribution in [2.45, 2.75) is 20.3 Å². The second-order valence-corrected chi connectivity index (χ2v) is 6.73. The zero-order chi connectivity index (χ0) is 22.6. The smallest absolute Gasteiger partial charge is 0.267 e. The van der Waals surface area contributed by atoms with Gasteiger partial charge in [-0.2, -0.15) is 5.26 Å². The Bertz CT molecular complexity index is 970. The van der Waals surface area contributed by atoms with E-state index in [4.69, 9.17) is 25.8 Å². The number of benzene rings is 2. The first kappa shape index (κ1) is 23.9.